The first-order chi connectivity index (χ1) is 9.86. The van der Waals surface area contributed by atoms with E-state index in [1.165, 1.54) is 0 Å². The molecule has 118 valence electrons. The van der Waals surface area contributed by atoms with Crippen molar-refractivity contribution in [2.45, 2.75) is 64.4 Å². The van der Waals surface area contributed by atoms with Crippen molar-refractivity contribution < 1.29 is 14.4 Å². The van der Waals surface area contributed by atoms with E-state index in [9.17, 15) is 9.90 Å². The van der Waals surface area contributed by atoms with E-state index in [0.717, 1.165) is 19.3 Å². The molecule has 6 heteroatoms. The highest BCUT2D eigenvalue weighted by molar-refractivity contribution is 5.76. The molecule has 1 aliphatic carbocycles. The van der Waals surface area contributed by atoms with Gasteiger partial charge in [0.1, 0.15) is 0 Å². The van der Waals surface area contributed by atoms with Gasteiger partial charge in [-0.2, -0.15) is 4.98 Å². The summed E-state index contributed by atoms with van der Waals surface area (Å²) in [5.74, 6) is 1.32. The largest absolute Gasteiger partial charge is 0.393 e. The van der Waals surface area contributed by atoms with Gasteiger partial charge in [0.2, 0.25) is 11.8 Å². The van der Waals surface area contributed by atoms with Crippen LogP contribution in [0.1, 0.15) is 58.2 Å². The third-order valence-corrected chi connectivity index (χ3v) is 3.89. The number of hydrogen-bond acceptors (Lipinski definition) is 5. The van der Waals surface area contributed by atoms with E-state index in [4.69, 9.17) is 4.52 Å². The fourth-order valence-electron chi connectivity index (χ4n) is 2.47. The molecule has 2 atom stereocenters. The first-order valence-corrected chi connectivity index (χ1v) is 7.64. The lowest BCUT2D eigenvalue weighted by atomic mass is 9.96. The zero-order valence-corrected chi connectivity index (χ0v) is 13.1. The van der Waals surface area contributed by atoms with E-state index in [1.54, 1.807) is 0 Å². The lowest BCUT2D eigenvalue weighted by Gasteiger charge is -2.14. The summed E-state index contributed by atoms with van der Waals surface area (Å²) in [5, 5.41) is 16.5. The summed E-state index contributed by atoms with van der Waals surface area (Å²) < 4.78 is 5.16. The summed E-state index contributed by atoms with van der Waals surface area (Å²) in [7, 11) is 0. The molecule has 1 fully saturated rings. The number of nitrogens with one attached hydrogen (secondary N) is 1. The maximum Gasteiger partial charge on any atom is 0.227 e. The number of carbonyl (C=O) groups is 1. The average molecular weight is 295 g/mol. The molecule has 1 aromatic rings. The highest BCUT2D eigenvalue weighted by Crippen LogP contribution is 2.24. The zero-order chi connectivity index (χ0) is 15.5. The maximum absolute atomic E-state index is 11.8. The minimum atomic E-state index is -0.268. The Labute approximate surface area is 125 Å². The fourth-order valence-corrected chi connectivity index (χ4v) is 2.47. The highest BCUT2D eigenvalue weighted by atomic mass is 16.5. The summed E-state index contributed by atoms with van der Waals surface area (Å²) in [5.41, 5.74) is -0.150. The normalized spacial score (nSPS) is 22.5. The summed E-state index contributed by atoms with van der Waals surface area (Å²) in [6.45, 7) is 6.60. The van der Waals surface area contributed by atoms with Crippen LogP contribution in [0.25, 0.3) is 0 Å². The van der Waals surface area contributed by atoms with Crippen molar-refractivity contribution in [1.29, 1.82) is 0 Å². The molecular weight excluding hydrogens is 270 g/mol. The number of nitrogens with zero attached hydrogens (tertiary/aromatic N) is 2. The maximum atomic E-state index is 11.8. The molecule has 2 rings (SSSR count). The van der Waals surface area contributed by atoms with Crippen molar-refractivity contribution in [3.05, 3.63) is 11.7 Å². The van der Waals surface area contributed by atoms with E-state index in [-0.39, 0.29) is 23.3 Å². The second-order valence-corrected chi connectivity index (χ2v) is 6.82. The van der Waals surface area contributed by atoms with Gasteiger partial charge in [-0.3, -0.25) is 4.79 Å². The molecule has 0 bridgehead atoms. The van der Waals surface area contributed by atoms with Crippen molar-refractivity contribution in [1.82, 2.24) is 15.5 Å². The Balaban J connectivity index is 1.72. The molecule has 2 N–H and O–H groups in total. The van der Waals surface area contributed by atoms with Crippen molar-refractivity contribution in [3.63, 3.8) is 0 Å². The van der Waals surface area contributed by atoms with Crippen LogP contribution in [0.3, 0.4) is 0 Å². The van der Waals surface area contributed by atoms with Crippen LogP contribution in [0.5, 0.6) is 0 Å². The lowest BCUT2D eigenvalue weighted by Crippen LogP contribution is -2.32. The van der Waals surface area contributed by atoms with Gasteiger partial charge in [-0.05, 0) is 12.8 Å². The van der Waals surface area contributed by atoms with Crippen molar-refractivity contribution in [2.24, 2.45) is 5.92 Å². The number of aryl methyl sites for hydroxylation is 1. The van der Waals surface area contributed by atoms with Crippen molar-refractivity contribution in [2.75, 3.05) is 6.54 Å². The molecule has 21 heavy (non-hydrogen) atoms. The molecule has 0 aromatic carbocycles. The van der Waals surface area contributed by atoms with Crippen molar-refractivity contribution in [3.8, 4) is 0 Å². The van der Waals surface area contributed by atoms with Gasteiger partial charge in [0.05, 0.1) is 6.10 Å². The quantitative estimate of drug-likeness (QED) is 0.861. The summed E-state index contributed by atoms with van der Waals surface area (Å²) in [6, 6.07) is 0. The summed E-state index contributed by atoms with van der Waals surface area (Å²) in [6.07, 6.45) is 3.38. The Hall–Kier alpha value is -1.43. The fraction of sp³-hybridized carbons (Fsp3) is 0.800. The predicted octanol–water partition coefficient (Wildman–Crippen LogP) is 1.58. The number of aliphatic hydroxyl groups excluding tert-OH is 1. The predicted molar refractivity (Wildman–Crippen MR) is 77.7 cm³/mol. The van der Waals surface area contributed by atoms with Gasteiger partial charge in [-0.1, -0.05) is 32.3 Å². The number of aliphatic hydroxyl groups is 1. The third kappa shape index (κ3) is 4.52. The second-order valence-electron chi connectivity index (χ2n) is 6.82. The Morgan fingerprint density at radius 2 is 2.19 bits per heavy atom. The first-order valence-electron chi connectivity index (χ1n) is 7.64. The Morgan fingerprint density at radius 1 is 1.43 bits per heavy atom. The van der Waals surface area contributed by atoms with E-state index in [0.29, 0.717) is 31.1 Å². The first kappa shape index (κ1) is 15.9. The molecule has 0 saturated heterocycles. The van der Waals surface area contributed by atoms with Gasteiger partial charge in [0.15, 0.2) is 5.82 Å². The van der Waals surface area contributed by atoms with E-state index in [2.05, 4.69) is 15.5 Å². The summed E-state index contributed by atoms with van der Waals surface area (Å²) >= 11 is 0. The monoisotopic (exact) mass is 295 g/mol. The molecule has 1 aliphatic rings. The van der Waals surface area contributed by atoms with Crippen LogP contribution < -0.4 is 5.32 Å². The molecule has 0 spiro atoms. The van der Waals surface area contributed by atoms with Gasteiger partial charge in [-0.15, -0.1) is 0 Å². The van der Waals surface area contributed by atoms with Crippen LogP contribution in [-0.4, -0.2) is 33.8 Å². The van der Waals surface area contributed by atoms with Crippen LogP contribution >= 0.6 is 0 Å². The number of rotatable bonds is 5. The van der Waals surface area contributed by atoms with Gasteiger partial charge < -0.3 is 14.9 Å². The molecular formula is C15H25N3O3. The Kier molecular flexibility index (Phi) is 4.98. The molecule has 2 unspecified atom stereocenters. The molecule has 0 radical (unpaired) electrons. The smallest absolute Gasteiger partial charge is 0.227 e. The van der Waals surface area contributed by atoms with Crippen LogP contribution in [0.4, 0.5) is 0 Å². The van der Waals surface area contributed by atoms with Crippen LogP contribution in [0.2, 0.25) is 0 Å². The van der Waals surface area contributed by atoms with E-state index >= 15 is 0 Å². The van der Waals surface area contributed by atoms with Crippen LogP contribution in [0.15, 0.2) is 4.52 Å². The standard InChI is InChI=1S/C15H25N3O3/c1-15(2,3)14-17-13(21-18-14)8-7-12(20)16-9-10-5-4-6-11(10)19/h10-11,19H,4-9H2,1-3H3,(H,16,20). The molecule has 0 aliphatic heterocycles. The molecule has 1 heterocycles. The summed E-state index contributed by atoms with van der Waals surface area (Å²) in [4.78, 5) is 16.1. The molecule has 1 aromatic heterocycles. The molecule has 6 nitrogen and oxygen atoms in total. The van der Waals surface area contributed by atoms with E-state index < -0.39 is 0 Å². The highest BCUT2D eigenvalue weighted by Gasteiger charge is 2.25. The van der Waals surface area contributed by atoms with Gasteiger partial charge in [0.25, 0.3) is 0 Å². The van der Waals surface area contributed by atoms with Crippen LogP contribution in [-0.2, 0) is 16.6 Å². The molecule has 1 saturated carbocycles. The number of carbonyl (C=O) groups excluding carboxylic acids is 1. The third-order valence-electron chi connectivity index (χ3n) is 3.89. The van der Waals surface area contributed by atoms with Gasteiger partial charge >= 0.3 is 0 Å². The van der Waals surface area contributed by atoms with Gasteiger partial charge in [0, 0.05) is 30.7 Å². The zero-order valence-electron chi connectivity index (χ0n) is 13.1. The number of amides is 1. The second kappa shape index (κ2) is 6.56. The average Bonchev–Trinajstić information content (AvgIpc) is 3.02. The molecule has 1 amide bonds. The lowest BCUT2D eigenvalue weighted by molar-refractivity contribution is -0.121. The van der Waals surface area contributed by atoms with Crippen molar-refractivity contribution >= 4 is 5.91 Å². The Bertz CT molecular complexity index is 479. The van der Waals surface area contributed by atoms with Crippen LogP contribution in [0, 0.1) is 5.92 Å². The minimum Gasteiger partial charge on any atom is -0.393 e. The van der Waals surface area contributed by atoms with E-state index in [1.807, 2.05) is 20.8 Å². The SMILES string of the molecule is CC(C)(C)c1noc(CCC(=O)NCC2CCCC2O)n1. The minimum absolute atomic E-state index is 0.0374. The Morgan fingerprint density at radius 3 is 2.76 bits per heavy atom. The topological polar surface area (TPSA) is 88.2 Å². The van der Waals surface area contributed by atoms with Gasteiger partial charge in [-0.25, -0.2) is 0 Å². The number of aromatic nitrogens is 2. The number of hydrogen-bond donors (Lipinski definition) is 2.